The smallest absolute Gasteiger partial charge is 0.432 e. The molecule has 0 saturated carbocycles. The number of hydrogen-bond acceptors (Lipinski definition) is 4. The van der Waals surface area contributed by atoms with Crippen LogP contribution in [0.5, 0.6) is 0 Å². The highest BCUT2D eigenvalue weighted by Crippen LogP contribution is 2.35. The minimum absolute atomic E-state index is 0.187. The van der Waals surface area contributed by atoms with Crippen LogP contribution in [-0.2, 0) is 6.42 Å². The van der Waals surface area contributed by atoms with Crippen molar-refractivity contribution >= 4 is 45.3 Å². The molecule has 124 valence electrons. The summed E-state index contributed by atoms with van der Waals surface area (Å²) in [4.78, 5) is 11.2. The lowest BCUT2D eigenvalue weighted by molar-refractivity contribution is 0.194. The molecule has 7 heteroatoms. The molecule has 1 atom stereocenters. The summed E-state index contributed by atoms with van der Waals surface area (Å²) in [5, 5.41) is 26.6. The average Bonchev–Trinajstić information content (AvgIpc) is 3.16. The Kier molecular flexibility index (Phi) is 3.84. The van der Waals surface area contributed by atoms with Gasteiger partial charge in [0.15, 0.2) is 0 Å². The van der Waals surface area contributed by atoms with Crippen molar-refractivity contribution < 1.29 is 9.90 Å². The van der Waals surface area contributed by atoms with Crippen molar-refractivity contribution in [3.05, 3.63) is 56.8 Å². The molecule has 0 aliphatic heterocycles. The van der Waals surface area contributed by atoms with Gasteiger partial charge in [0.2, 0.25) is 0 Å². The van der Waals surface area contributed by atoms with Gasteiger partial charge >= 0.3 is 6.09 Å². The molecule has 1 unspecified atom stereocenters. The lowest BCUT2D eigenvalue weighted by Crippen LogP contribution is -2.09. The second kappa shape index (κ2) is 6.04. The number of halogens is 1. The molecule has 1 aliphatic rings. The molecule has 2 aromatic carbocycles. The Labute approximate surface area is 157 Å². The highest BCUT2D eigenvalue weighted by Gasteiger charge is 2.23. The third-order valence-corrected chi connectivity index (χ3v) is 5.30. The molecule has 0 radical (unpaired) electrons. The van der Waals surface area contributed by atoms with Crippen LogP contribution in [0.1, 0.15) is 29.2 Å². The molecule has 25 heavy (non-hydrogen) atoms. The molecule has 2 N–H and O–H groups in total. The third kappa shape index (κ3) is 2.72. The van der Waals surface area contributed by atoms with Crippen molar-refractivity contribution in [1.82, 2.24) is 9.78 Å². The fourth-order valence-corrected chi connectivity index (χ4v) is 4.00. The molecular weight excluding hydrogens is 431 g/mol. The van der Waals surface area contributed by atoms with Crippen LogP contribution in [-0.4, -0.2) is 21.0 Å². The maximum absolute atomic E-state index is 11.2. The van der Waals surface area contributed by atoms with Gasteiger partial charge in [0.05, 0.1) is 23.2 Å². The number of nitriles is 1. The molecule has 1 aliphatic carbocycles. The monoisotopic (exact) mass is 444 g/mol. The normalized spacial score (nSPS) is 15.8. The molecule has 3 aromatic rings. The first-order valence-corrected chi connectivity index (χ1v) is 8.86. The highest BCUT2D eigenvalue weighted by atomic mass is 127. The molecule has 0 amide bonds. The number of aryl methyl sites for hydroxylation is 1. The summed E-state index contributed by atoms with van der Waals surface area (Å²) in [6.45, 7) is 0. The van der Waals surface area contributed by atoms with Crippen LogP contribution in [0.2, 0.25) is 0 Å². The van der Waals surface area contributed by atoms with E-state index >= 15 is 0 Å². The number of carboxylic acid groups (broad SMARTS) is 1. The fraction of sp³-hybridized carbons (Fsp3) is 0.167. The summed E-state index contributed by atoms with van der Waals surface area (Å²) >= 11 is 2.05. The van der Waals surface area contributed by atoms with Gasteiger partial charge in [-0.1, -0.05) is 6.07 Å². The van der Waals surface area contributed by atoms with E-state index in [1.54, 1.807) is 6.07 Å². The molecule has 1 aromatic heterocycles. The summed E-state index contributed by atoms with van der Waals surface area (Å²) < 4.78 is 1.65. The van der Waals surface area contributed by atoms with Crippen LogP contribution in [0.15, 0.2) is 36.4 Å². The summed E-state index contributed by atoms with van der Waals surface area (Å²) in [6, 6.07) is 13.8. The van der Waals surface area contributed by atoms with Gasteiger partial charge in [0.1, 0.15) is 3.70 Å². The topological polar surface area (TPSA) is 90.9 Å². The number of anilines is 1. The molecule has 0 spiro atoms. The van der Waals surface area contributed by atoms with Gasteiger partial charge in [-0.3, -0.25) is 0 Å². The number of benzene rings is 2. The van der Waals surface area contributed by atoms with Gasteiger partial charge < -0.3 is 10.4 Å². The predicted molar refractivity (Wildman–Crippen MR) is 102 cm³/mol. The molecule has 6 nitrogen and oxygen atoms in total. The predicted octanol–water partition coefficient (Wildman–Crippen LogP) is 4.14. The van der Waals surface area contributed by atoms with Crippen molar-refractivity contribution in [2.75, 3.05) is 5.32 Å². The lowest BCUT2D eigenvalue weighted by atomic mass is 10.0. The summed E-state index contributed by atoms with van der Waals surface area (Å²) in [7, 11) is 0. The van der Waals surface area contributed by atoms with Crippen LogP contribution in [0, 0.1) is 15.0 Å². The minimum Gasteiger partial charge on any atom is -0.463 e. The number of nitrogens with one attached hydrogen (secondary N) is 1. The van der Waals surface area contributed by atoms with Crippen molar-refractivity contribution in [1.29, 1.82) is 5.26 Å². The summed E-state index contributed by atoms with van der Waals surface area (Å²) in [5.41, 5.74) is 4.63. The third-order valence-electron chi connectivity index (χ3n) is 4.51. The lowest BCUT2D eigenvalue weighted by Gasteiger charge is -2.16. The Morgan fingerprint density at radius 1 is 1.36 bits per heavy atom. The molecule has 1 heterocycles. The Balaban J connectivity index is 1.66. The highest BCUT2D eigenvalue weighted by molar-refractivity contribution is 14.1. The zero-order chi connectivity index (χ0) is 17.6. The van der Waals surface area contributed by atoms with E-state index in [1.807, 2.05) is 52.9 Å². The van der Waals surface area contributed by atoms with Crippen molar-refractivity contribution in [3.8, 4) is 6.07 Å². The van der Waals surface area contributed by atoms with Crippen LogP contribution in [0.3, 0.4) is 0 Å². The Bertz CT molecular complexity index is 1050. The van der Waals surface area contributed by atoms with Gasteiger partial charge in [0.25, 0.3) is 0 Å². The Hall–Kier alpha value is -2.60. The molecule has 0 fully saturated rings. The minimum atomic E-state index is -1.09. The van der Waals surface area contributed by atoms with E-state index in [9.17, 15) is 9.90 Å². The second-order valence-corrected chi connectivity index (χ2v) is 7.00. The number of hydrogen-bond donors (Lipinski definition) is 2. The Morgan fingerprint density at radius 2 is 2.20 bits per heavy atom. The maximum Gasteiger partial charge on any atom is 0.432 e. The number of aromatic nitrogens is 2. The van der Waals surface area contributed by atoms with E-state index in [2.05, 4.69) is 16.5 Å². The summed E-state index contributed by atoms with van der Waals surface area (Å²) in [6.07, 6.45) is 0.819. The second-order valence-electron chi connectivity index (χ2n) is 5.98. The van der Waals surface area contributed by atoms with Crippen LogP contribution in [0.4, 0.5) is 10.5 Å². The number of fused-ring (bicyclic) bond motifs is 2. The molecule has 4 rings (SSSR count). The van der Waals surface area contributed by atoms with Crippen LogP contribution < -0.4 is 5.32 Å². The zero-order valence-electron chi connectivity index (χ0n) is 13.0. The van der Waals surface area contributed by atoms with E-state index in [0.29, 0.717) is 14.8 Å². The van der Waals surface area contributed by atoms with E-state index in [4.69, 9.17) is 5.26 Å². The van der Waals surface area contributed by atoms with E-state index < -0.39 is 6.09 Å². The number of rotatable bonds is 2. The maximum atomic E-state index is 11.2. The quantitative estimate of drug-likeness (QED) is 0.580. The van der Waals surface area contributed by atoms with Crippen LogP contribution in [0.25, 0.3) is 10.9 Å². The van der Waals surface area contributed by atoms with Gasteiger partial charge in [-0.25, -0.2) is 4.79 Å². The summed E-state index contributed by atoms with van der Waals surface area (Å²) in [5.74, 6) is 0. The number of carbonyl (C=O) groups is 1. The first-order chi connectivity index (χ1) is 12.1. The van der Waals surface area contributed by atoms with E-state index in [-0.39, 0.29) is 6.04 Å². The van der Waals surface area contributed by atoms with Gasteiger partial charge in [-0.05, 0) is 76.9 Å². The largest absolute Gasteiger partial charge is 0.463 e. The first-order valence-electron chi connectivity index (χ1n) is 7.78. The van der Waals surface area contributed by atoms with E-state index in [0.717, 1.165) is 28.6 Å². The van der Waals surface area contributed by atoms with Crippen molar-refractivity contribution in [2.24, 2.45) is 0 Å². The van der Waals surface area contributed by atoms with Crippen molar-refractivity contribution in [3.63, 3.8) is 0 Å². The first kappa shape index (κ1) is 15.9. The average molecular weight is 444 g/mol. The fourth-order valence-electron chi connectivity index (χ4n) is 3.36. The number of nitrogens with zero attached hydrogens (tertiary/aromatic N) is 3. The van der Waals surface area contributed by atoms with Gasteiger partial charge in [-0.2, -0.15) is 15.0 Å². The molecule has 0 saturated heterocycles. The van der Waals surface area contributed by atoms with Gasteiger partial charge in [0, 0.05) is 11.1 Å². The van der Waals surface area contributed by atoms with E-state index in [1.165, 1.54) is 11.1 Å². The SMILES string of the molecule is N#Cc1ccc2c(c1)CCC2Nc1ccc2c(c1)c(I)nn2C(=O)O. The molecule has 0 bridgehead atoms. The van der Waals surface area contributed by atoms with Crippen molar-refractivity contribution in [2.45, 2.75) is 18.9 Å². The van der Waals surface area contributed by atoms with Gasteiger partial charge in [-0.15, -0.1) is 0 Å². The zero-order valence-corrected chi connectivity index (χ0v) is 15.2. The standard InChI is InChI=1S/C18H13IN4O2/c19-17-14-8-12(3-6-16(14)23(22-17)18(24)25)21-15-5-2-11-7-10(9-20)1-4-13(11)15/h1,3-4,6-8,15,21H,2,5H2,(H,24,25). The molecular formula is C18H13IN4O2. The van der Waals surface area contributed by atoms with Crippen LogP contribution >= 0.6 is 22.6 Å². The Morgan fingerprint density at radius 3 is 2.96 bits per heavy atom.